The zero-order valence-electron chi connectivity index (χ0n) is 15.1. The summed E-state index contributed by atoms with van der Waals surface area (Å²) < 4.78 is 38.8. The molecule has 1 aliphatic carbocycles. The number of benzene rings is 1. The van der Waals surface area contributed by atoms with Gasteiger partial charge in [0.25, 0.3) is 0 Å². The topological polar surface area (TPSA) is 70.7 Å². The molecule has 1 fully saturated rings. The Labute approximate surface area is 169 Å². The van der Waals surface area contributed by atoms with Gasteiger partial charge in [0.2, 0.25) is 11.1 Å². The van der Waals surface area contributed by atoms with Crippen LogP contribution in [0.4, 0.5) is 18.9 Å². The summed E-state index contributed by atoms with van der Waals surface area (Å²) in [5.74, 6) is 0.983. The summed E-state index contributed by atoms with van der Waals surface area (Å²) in [5.41, 5.74) is -0.955. The number of H-pyrrole nitrogens is 1. The number of anilines is 1. The standard InChI is InChI=1S/C18H20ClF3N4OS/c1-10(28-17-24-15(25-26-17)8-11-4-2-3-5-11)16(27)23-12-6-7-14(19)13(9-12)18(20,21)22/h6-7,9-11H,2-5,8H2,1H3,(H,23,27)(H,24,25,26)/t10-/m1/s1. The first-order valence-electron chi connectivity index (χ1n) is 8.98. The zero-order valence-corrected chi connectivity index (χ0v) is 16.7. The smallest absolute Gasteiger partial charge is 0.325 e. The first-order chi connectivity index (χ1) is 13.2. The molecule has 0 aliphatic heterocycles. The number of aromatic nitrogens is 3. The minimum absolute atomic E-state index is 0.0334. The van der Waals surface area contributed by atoms with Crippen LogP contribution in [-0.2, 0) is 17.4 Å². The lowest BCUT2D eigenvalue weighted by Crippen LogP contribution is -2.22. The third-order valence-electron chi connectivity index (χ3n) is 4.66. The van der Waals surface area contributed by atoms with E-state index in [1.807, 2.05) is 0 Å². The summed E-state index contributed by atoms with van der Waals surface area (Å²) >= 11 is 6.74. The fraction of sp³-hybridized carbons (Fsp3) is 0.500. The number of hydrogen-bond donors (Lipinski definition) is 2. The average molecular weight is 433 g/mol. The Kier molecular flexibility index (Phi) is 6.54. The highest BCUT2D eigenvalue weighted by molar-refractivity contribution is 8.00. The molecule has 1 heterocycles. The fourth-order valence-corrected chi connectivity index (χ4v) is 4.15. The van der Waals surface area contributed by atoms with Crippen molar-refractivity contribution in [1.82, 2.24) is 15.2 Å². The number of rotatable bonds is 6. The maximum absolute atomic E-state index is 12.9. The van der Waals surface area contributed by atoms with Crippen molar-refractivity contribution >= 4 is 35.0 Å². The van der Waals surface area contributed by atoms with Crippen molar-refractivity contribution in [1.29, 1.82) is 0 Å². The van der Waals surface area contributed by atoms with E-state index in [0.29, 0.717) is 11.1 Å². The molecule has 1 aromatic carbocycles. The molecule has 5 nitrogen and oxygen atoms in total. The fourth-order valence-electron chi connectivity index (χ4n) is 3.19. The minimum atomic E-state index is -4.59. The third-order valence-corrected chi connectivity index (χ3v) is 5.95. The van der Waals surface area contributed by atoms with E-state index in [1.165, 1.54) is 31.7 Å². The molecule has 1 aliphatic rings. The second-order valence-corrected chi connectivity index (χ2v) is 8.58. The van der Waals surface area contributed by atoms with Crippen LogP contribution >= 0.6 is 23.4 Å². The summed E-state index contributed by atoms with van der Waals surface area (Å²) in [6.07, 6.45) is 1.15. The molecule has 152 valence electrons. The lowest BCUT2D eigenvalue weighted by molar-refractivity contribution is -0.137. The van der Waals surface area contributed by atoms with E-state index in [2.05, 4.69) is 20.5 Å². The molecule has 0 saturated heterocycles. The van der Waals surface area contributed by atoms with Gasteiger partial charge >= 0.3 is 6.18 Å². The summed E-state index contributed by atoms with van der Waals surface area (Å²) in [4.78, 5) is 16.7. The molecule has 3 rings (SSSR count). The van der Waals surface area contributed by atoms with Gasteiger partial charge in [0, 0.05) is 12.1 Å². The highest BCUT2D eigenvalue weighted by Gasteiger charge is 2.33. The molecule has 1 atom stereocenters. The highest BCUT2D eigenvalue weighted by atomic mass is 35.5. The van der Waals surface area contributed by atoms with Gasteiger partial charge in [-0.05, 0) is 31.0 Å². The Morgan fingerprint density at radius 2 is 2.11 bits per heavy atom. The van der Waals surface area contributed by atoms with Gasteiger partial charge in [-0.15, -0.1) is 5.10 Å². The molecule has 1 aromatic heterocycles. The quantitative estimate of drug-likeness (QED) is 0.605. The van der Waals surface area contributed by atoms with E-state index in [4.69, 9.17) is 11.6 Å². The van der Waals surface area contributed by atoms with E-state index in [1.54, 1.807) is 6.92 Å². The second kappa shape index (κ2) is 8.73. The molecule has 0 bridgehead atoms. The van der Waals surface area contributed by atoms with Gasteiger partial charge < -0.3 is 5.32 Å². The minimum Gasteiger partial charge on any atom is -0.325 e. The van der Waals surface area contributed by atoms with Gasteiger partial charge in [0.15, 0.2) is 0 Å². The van der Waals surface area contributed by atoms with Gasteiger partial charge in [0.1, 0.15) is 5.82 Å². The Bertz CT molecular complexity index is 836. The third kappa shape index (κ3) is 5.41. The van der Waals surface area contributed by atoms with Crippen LogP contribution in [0.25, 0.3) is 0 Å². The summed E-state index contributed by atoms with van der Waals surface area (Å²) in [6, 6.07) is 3.27. The number of hydrogen-bond acceptors (Lipinski definition) is 4. The summed E-state index contributed by atoms with van der Waals surface area (Å²) in [6.45, 7) is 1.65. The molecule has 2 aromatic rings. The SMILES string of the molecule is C[C@@H](Sc1n[nH]c(CC2CCCC2)n1)C(=O)Nc1ccc(Cl)c(C(F)(F)F)c1. The van der Waals surface area contributed by atoms with Gasteiger partial charge in [0.05, 0.1) is 15.8 Å². The van der Waals surface area contributed by atoms with Crippen LogP contribution in [0, 0.1) is 5.92 Å². The van der Waals surface area contributed by atoms with E-state index in [-0.39, 0.29) is 5.69 Å². The number of amides is 1. The monoisotopic (exact) mass is 432 g/mol. The number of halogens is 4. The number of nitrogens with zero attached hydrogens (tertiary/aromatic N) is 2. The van der Waals surface area contributed by atoms with Crippen molar-refractivity contribution in [3.63, 3.8) is 0 Å². The van der Waals surface area contributed by atoms with Crippen molar-refractivity contribution < 1.29 is 18.0 Å². The molecular formula is C18H20ClF3N4OS. The molecule has 2 N–H and O–H groups in total. The maximum atomic E-state index is 12.9. The number of aromatic amines is 1. The normalized spacial score (nSPS) is 16.3. The molecule has 1 amide bonds. The second-order valence-electron chi connectivity index (χ2n) is 6.86. The molecule has 0 unspecified atom stereocenters. The molecule has 0 spiro atoms. The van der Waals surface area contributed by atoms with E-state index >= 15 is 0 Å². The lowest BCUT2D eigenvalue weighted by Gasteiger charge is -2.13. The number of nitrogens with one attached hydrogen (secondary N) is 2. The van der Waals surface area contributed by atoms with Gasteiger partial charge in [-0.25, -0.2) is 4.98 Å². The molecule has 0 radical (unpaired) electrons. The average Bonchev–Trinajstić information content (AvgIpc) is 3.28. The number of alkyl halides is 3. The van der Waals surface area contributed by atoms with Crippen molar-refractivity contribution in [2.45, 2.75) is 55.6 Å². The molecule has 28 heavy (non-hydrogen) atoms. The highest BCUT2D eigenvalue weighted by Crippen LogP contribution is 2.36. The van der Waals surface area contributed by atoms with Crippen LogP contribution in [0.3, 0.4) is 0 Å². The Hall–Kier alpha value is -1.74. The van der Waals surface area contributed by atoms with Crippen molar-refractivity contribution in [3.05, 3.63) is 34.6 Å². The molecule has 1 saturated carbocycles. The van der Waals surface area contributed by atoms with Crippen molar-refractivity contribution in [2.24, 2.45) is 5.92 Å². The Balaban J connectivity index is 1.58. The molecular weight excluding hydrogens is 413 g/mol. The van der Waals surface area contributed by atoms with E-state index in [0.717, 1.165) is 36.1 Å². The Morgan fingerprint density at radius 3 is 2.79 bits per heavy atom. The van der Waals surface area contributed by atoms with Crippen LogP contribution in [-0.4, -0.2) is 26.3 Å². The molecule has 10 heteroatoms. The first kappa shape index (κ1) is 21.0. The van der Waals surface area contributed by atoms with E-state index < -0.39 is 27.9 Å². The van der Waals surface area contributed by atoms with Crippen molar-refractivity contribution in [2.75, 3.05) is 5.32 Å². The Morgan fingerprint density at radius 1 is 1.39 bits per heavy atom. The van der Waals surface area contributed by atoms with Crippen LogP contribution in [0.2, 0.25) is 5.02 Å². The van der Waals surface area contributed by atoms with E-state index in [9.17, 15) is 18.0 Å². The van der Waals surface area contributed by atoms with Gasteiger partial charge in [-0.3, -0.25) is 9.89 Å². The van der Waals surface area contributed by atoms with Crippen LogP contribution < -0.4 is 5.32 Å². The zero-order chi connectivity index (χ0) is 20.3. The number of thioether (sulfide) groups is 1. The summed E-state index contributed by atoms with van der Waals surface area (Å²) in [5, 5.41) is 8.96. The maximum Gasteiger partial charge on any atom is 0.417 e. The predicted octanol–water partition coefficient (Wildman–Crippen LogP) is 5.33. The van der Waals surface area contributed by atoms with Crippen molar-refractivity contribution in [3.8, 4) is 0 Å². The van der Waals surface area contributed by atoms with Gasteiger partial charge in [-0.2, -0.15) is 13.2 Å². The van der Waals surface area contributed by atoms with Crippen LogP contribution in [0.15, 0.2) is 23.4 Å². The lowest BCUT2D eigenvalue weighted by atomic mass is 10.0. The summed E-state index contributed by atoms with van der Waals surface area (Å²) in [7, 11) is 0. The number of carbonyl (C=O) groups is 1. The largest absolute Gasteiger partial charge is 0.417 e. The van der Waals surface area contributed by atoms with Crippen LogP contribution in [0.5, 0.6) is 0 Å². The van der Waals surface area contributed by atoms with Gasteiger partial charge in [-0.1, -0.05) is 49.0 Å². The predicted molar refractivity (Wildman–Crippen MR) is 102 cm³/mol. The first-order valence-corrected chi connectivity index (χ1v) is 10.2. The van der Waals surface area contributed by atoms with Crippen LogP contribution in [0.1, 0.15) is 44.0 Å². The number of carbonyl (C=O) groups excluding carboxylic acids is 1.